The molecular weight excluding hydrogens is 403 g/mol. The van der Waals surface area contributed by atoms with E-state index in [1.165, 1.54) is 30.0 Å². The molecule has 1 N–H and O–H groups in total. The second kappa shape index (κ2) is 9.04. The molecule has 2 aromatic carbocycles. The summed E-state index contributed by atoms with van der Waals surface area (Å²) in [6.45, 7) is -0.0680. The number of ether oxygens (including phenoxy) is 1. The van der Waals surface area contributed by atoms with Crippen molar-refractivity contribution in [2.75, 3.05) is 5.75 Å². The number of thioether (sulfide) groups is 1. The lowest BCUT2D eigenvalue weighted by Gasteiger charge is -2.13. The summed E-state index contributed by atoms with van der Waals surface area (Å²) in [5.74, 6) is -0.563. The quantitative estimate of drug-likeness (QED) is 0.575. The Kier molecular flexibility index (Phi) is 6.48. The summed E-state index contributed by atoms with van der Waals surface area (Å²) < 4.78 is 43.3. The predicted octanol–water partition coefficient (Wildman–Crippen LogP) is 4.39. The van der Waals surface area contributed by atoms with Crippen molar-refractivity contribution in [3.05, 3.63) is 66.4 Å². The van der Waals surface area contributed by atoms with E-state index < -0.39 is 6.36 Å². The molecule has 0 saturated heterocycles. The van der Waals surface area contributed by atoms with E-state index in [2.05, 4.69) is 15.0 Å². The Bertz CT molecular complexity index is 975. The molecule has 0 bridgehead atoms. The number of para-hydroxylation sites is 1. The third kappa shape index (κ3) is 5.77. The minimum Gasteiger partial charge on any atom is -0.405 e. The van der Waals surface area contributed by atoms with Crippen LogP contribution in [0.4, 0.5) is 13.2 Å². The molecule has 3 rings (SSSR count). The molecule has 29 heavy (non-hydrogen) atoms. The number of carbonyl (C=O) groups is 1. The van der Waals surface area contributed by atoms with Gasteiger partial charge < -0.3 is 14.6 Å². The monoisotopic (exact) mass is 421 g/mol. The van der Waals surface area contributed by atoms with Crippen molar-refractivity contribution >= 4 is 17.7 Å². The number of rotatable bonds is 7. The Morgan fingerprint density at radius 1 is 1.14 bits per heavy atom. The van der Waals surface area contributed by atoms with Gasteiger partial charge in [0.15, 0.2) is 5.16 Å². The van der Waals surface area contributed by atoms with Gasteiger partial charge in [0.25, 0.3) is 0 Å². The van der Waals surface area contributed by atoms with Crippen molar-refractivity contribution in [3.8, 4) is 17.0 Å². The molecule has 3 aromatic rings. The zero-order valence-electron chi connectivity index (χ0n) is 15.4. The summed E-state index contributed by atoms with van der Waals surface area (Å²) in [5, 5.41) is 3.28. The summed E-state index contributed by atoms with van der Waals surface area (Å²) in [4.78, 5) is 16.5. The minimum absolute atomic E-state index is 0.0680. The zero-order valence-corrected chi connectivity index (χ0v) is 16.3. The molecule has 0 radical (unpaired) electrons. The third-order valence-electron chi connectivity index (χ3n) is 4.02. The summed E-state index contributed by atoms with van der Waals surface area (Å²) in [7, 11) is 1.86. The van der Waals surface area contributed by atoms with Gasteiger partial charge in [-0.3, -0.25) is 4.79 Å². The first-order valence-corrected chi connectivity index (χ1v) is 9.62. The normalized spacial score (nSPS) is 11.3. The van der Waals surface area contributed by atoms with E-state index >= 15 is 0 Å². The standard InChI is InChI=1S/C20H18F3N3O2S/c1-26-16(14-7-3-2-4-8-14)12-25-19(26)29-13-18(27)24-11-15-9-5-6-10-17(15)28-20(21,22)23/h2-10,12H,11,13H2,1H3,(H,24,27). The fourth-order valence-corrected chi connectivity index (χ4v) is 3.43. The van der Waals surface area contributed by atoms with Crippen LogP contribution < -0.4 is 10.1 Å². The Hall–Kier alpha value is -2.94. The Morgan fingerprint density at radius 2 is 1.83 bits per heavy atom. The smallest absolute Gasteiger partial charge is 0.405 e. The number of hydrogen-bond donors (Lipinski definition) is 1. The summed E-state index contributed by atoms with van der Waals surface area (Å²) in [5.41, 5.74) is 2.18. The van der Waals surface area contributed by atoms with Crippen molar-refractivity contribution in [2.45, 2.75) is 18.1 Å². The molecule has 0 atom stereocenters. The summed E-state index contributed by atoms with van der Waals surface area (Å²) in [6.07, 6.45) is -3.05. The fourth-order valence-electron chi connectivity index (χ4n) is 2.65. The first-order chi connectivity index (χ1) is 13.8. The summed E-state index contributed by atoms with van der Waals surface area (Å²) >= 11 is 1.25. The van der Waals surface area contributed by atoms with Gasteiger partial charge in [0, 0.05) is 19.2 Å². The van der Waals surface area contributed by atoms with Crippen LogP contribution in [0.1, 0.15) is 5.56 Å². The highest BCUT2D eigenvalue weighted by atomic mass is 32.2. The van der Waals surface area contributed by atoms with E-state index in [-0.39, 0.29) is 29.5 Å². The highest BCUT2D eigenvalue weighted by Gasteiger charge is 2.32. The van der Waals surface area contributed by atoms with E-state index in [9.17, 15) is 18.0 Å². The molecule has 0 saturated carbocycles. The first kappa shape index (κ1) is 20.8. The number of benzene rings is 2. The van der Waals surface area contributed by atoms with Crippen molar-refractivity contribution < 1.29 is 22.7 Å². The van der Waals surface area contributed by atoms with Gasteiger partial charge in [-0.25, -0.2) is 4.98 Å². The average Bonchev–Trinajstić information content (AvgIpc) is 3.05. The zero-order chi connectivity index (χ0) is 20.9. The first-order valence-electron chi connectivity index (χ1n) is 8.64. The second-order valence-electron chi connectivity index (χ2n) is 6.07. The molecule has 0 aliphatic rings. The number of nitrogens with one attached hydrogen (secondary N) is 1. The molecule has 0 aliphatic heterocycles. The number of nitrogens with zero attached hydrogens (tertiary/aromatic N) is 2. The number of halogens is 3. The van der Waals surface area contributed by atoms with E-state index in [0.29, 0.717) is 5.16 Å². The molecule has 1 heterocycles. The van der Waals surface area contributed by atoms with Gasteiger partial charge in [0.05, 0.1) is 17.6 Å². The van der Waals surface area contributed by atoms with Crippen LogP contribution >= 0.6 is 11.8 Å². The van der Waals surface area contributed by atoms with E-state index in [0.717, 1.165) is 11.3 Å². The maximum absolute atomic E-state index is 12.5. The maximum atomic E-state index is 12.5. The maximum Gasteiger partial charge on any atom is 0.573 e. The van der Waals surface area contributed by atoms with E-state index in [4.69, 9.17) is 0 Å². The molecule has 5 nitrogen and oxygen atoms in total. The Morgan fingerprint density at radius 3 is 2.55 bits per heavy atom. The van der Waals surface area contributed by atoms with E-state index in [1.54, 1.807) is 12.3 Å². The lowest BCUT2D eigenvalue weighted by molar-refractivity contribution is -0.274. The van der Waals surface area contributed by atoms with Gasteiger partial charge in [0.2, 0.25) is 5.91 Å². The number of amides is 1. The molecule has 0 spiro atoms. The topological polar surface area (TPSA) is 56.2 Å². The number of hydrogen-bond acceptors (Lipinski definition) is 4. The lowest BCUT2D eigenvalue weighted by Crippen LogP contribution is -2.26. The molecule has 0 unspecified atom stereocenters. The fraction of sp³-hybridized carbons (Fsp3) is 0.200. The minimum atomic E-state index is -4.79. The van der Waals surface area contributed by atoms with Crippen LogP contribution in [-0.4, -0.2) is 27.6 Å². The molecule has 152 valence electrons. The van der Waals surface area contributed by atoms with Gasteiger partial charge in [-0.15, -0.1) is 13.2 Å². The van der Waals surface area contributed by atoms with Crippen LogP contribution in [-0.2, 0) is 18.4 Å². The molecule has 9 heteroatoms. The van der Waals surface area contributed by atoms with Crippen molar-refractivity contribution in [3.63, 3.8) is 0 Å². The van der Waals surface area contributed by atoms with Crippen LogP contribution in [0.3, 0.4) is 0 Å². The lowest BCUT2D eigenvalue weighted by atomic mass is 10.2. The van der Waals surface area contributed by atoms with Crippen LogP contribution in [0.5, 0.6) is 5.75 Å². The second-order valence-corrected chi connectivity index (χ2v) is 7.01. The molecule has 1 aromatic heterocycles. The SMILES string of the molecule is Cn1c(-c2ccccc2)cnc1SCC(=O)NCc1ccccc1OC(F)(F)F. The Labute approximate surface area is 169 Å². The van der Waals surface area contributed by atoms with Crippen LogP contribution in [0.25, 0.3) is 11.3 Å². The van der Waals surface area contributed by atoms with E-state index in [1.807, 2.05) is 41.9 Å². The Balaban J connectivity index is 1.56. The number of alkyl halides is 3. The number of aromatic nitrogens is 2. The molecule has 0 aliphatic carbocycles. The van der Waals surface area contributed by atoms with Crippen molar-refractivity contribution in [1.82, 2.24) is 14.9 Å². The molecule has 1 amide bonds. The van der Waals surface area contributed by atoms with Gasteiger partial charge in [0.1, 0.15) is 5.75 Å². The average molecular weight is 421 g/mol. The van der Waals surface area contributed by atoms with Crippen LogP contribution in [0.15, 0.2) is 66.0 Å². The van der Waals surface area contributed by atoms with Crippen molar-refractivity contribution in [1.29, 1.82) is 0 Å². The molecular formula is C20H18F3N3O2S. The number of carbonyl (C=O) groups excluding carboxylic acids is 1. The van der Waals surface area contributed by atoms with Gasteiger partial charge >= 0.3 is 6.36 Å². The summed E-state index contributed by atoms with van der Waals surface area (Å²) in [6, 6.07) is 15.4. The van der Waals surface area contributed by atoms with Gasteiger partial charge in [-0.05, 0) is 11.6 Å². The van der Waals surface area contributed by atoms with Crippen LogP contribution in [0, 0.1) is 0 Å². The highest BCUT2D eigenvalue weighted by Crippen LogP contribution is 2.27. The predicted molar refractivity (Wildman–Crippen MR) is 104 cm³/mol. The largest absolute Gasteiger partial charge is 0.573 e. The number of imidazole rings is 1. The van der Waals surface area contributed by atoms with Crippen LogP contribution in [0.2, 0.25) is 0 Å². The highest BCUT2D eigenvalue weighted by molar-refractivity contribution is 7.99. The van der Waals surface area contributed by atoms with Gasteiger partial charge in [-0.2, -0.15) is 0 Å². The third-order valence-corrected chi connectivity index (χ3v) is 5.07. The van der Waals surface area contributed by atoms with Gasteiger partial charge in [-0.1, -0.05) is 60.3 Å². The molecule has 0 fully saturated rings. The van der Waals surface area contributed by atoms with Crippen molar-refractivity contribution in [2.24, 2.45) is 7.05 Å².